The average Bonchev–Trinajstić information content (AvgIpc) is 2.66. The van der Waals surface area contributed by atoms with Crippen LogP contribution < -0.4 is 10.0 Å². The van der Waals surface area contributed by atoms with Gasteiger partial charge in [0.1, 0.15) is 6.04 Å². The second-order valence-electron chi connectivity index (χ2n) is 5.08. The molecule has 1 aliphatic rings. The summed E-state index contributed by atoms with van der Waals surface area (Å²) in [7, 11) is -3.70. The van der Waals surface area contributed by atoms with Gasteiger partial charge in [0.25, 0.3) is 5.92 Å². The topological polar surface area (TPSA) is 58.2 Å². The van der Waals surface area contributed by atoms with E-state index in [4.69, 9.17) is 11.6 Å². The highest BCUT2D eigenvalue weighted by molar-refractivity contribution is 7.89. The molecule has 1 aromatic rings. The number of hydrogen-bond donors (Lipinski definition) is 2. The summed E-state index contributed by atoms with van der Waals surface area (Å²) in [5, 5.41) is 3.21. The zero-order valence-electron chi connectivity index (χ0n) is 11.4. The summed E-state index contributed by atoms with van der Waals surface area (Å²) in [5.74, 6) is -3.35. The summed E-state index contributed by atoms with van der Waals surface area (Å²) in [6.45, 7) is 0.865. The summed E-state index contributed by atoms with van der Waals surface area (Å²) >= 11 is 5.87. The van der Waals surface area contributed by atoms with E-state index >= 15 is 0 Å². The van der Waals surface area contributed by atoms with Gasteiger partial charge in [-0.25, -0.2) is 21.9 Å². The lowest BCUT2D eigenvalue weighted by Gasteiger charge is -2.24. The highest BCUT2D eigenvalue weighted by atomic mass is 35.5. The standard InChI is InChI=1S/C13H17ClF2N2O2S/c1-2-21(19,20)18-12-11(17-8-13(12,15)16)7-9-4-3-5-10(14)6-9/h3-6,11-12,17-18H,2,7-8H2,1H3/t11-,12+/m0/s1. The molecule has 0 radical (unpaired) electrons. The van der Waals surface area contributed by atoms with Crippen LogP contribution in [0, 0.1) is 0 Å². The first-order valence-electron chi connectivity index (χ1n) is 6.59. The Labute approximate surface area is 127 Å². The van der Waals surface area contributed by atoms with Crippen molar-refractivity contribution in [3.8, 4) is 0 Å². The fourth-order valence-electron chi connectivity index (χ4n) is 2.34. The van der Waals surface area contributed by atoms with E-state index in [1.54, 1.807) is 24.3 Å². The Balaban J connectivity index is 2.18. The van der Waals surface area contributed by atoms with E-state index < -0.39 is 34.6 Å². The van der Waals surface area contributed by atoms with Crippen molar-refractivity contribution < 1.29 is 17.2 Å². The molecular formula is C13H17ClF2N2O2S. The molecule has 0 aromatic heterocycles. The minimum atomic E-state index is -3.70. The first-order chi connectivity index (χ1) is 9.73. The minimum absolute atomic E-state index is 0.233. The van der Waals surface area contributed by atoms with Crippen LogP contribution in [-0.2, 0) is 16.4 Å². The van der Waals surface area contributed by atoms with Crippen LogP contribution in [-0.4, -0.2) is 38.7 Å². The maximum Gasteiger partial charge on any atom is 0.277 e. The molecule has 1 aliphatic heterocycles. The third kappa shape index (κ3) is 4.12. The molecule has 0 aliphatic carbocycles. The molecule has 4 nitrogen and oxygen atoms in total. The number of hydrogen-bond acceptors (Lipinski definition) is 3. The van der Waals surface area contributed by atoms with Crippen LogP contribution in [0.25, 0.3) is 0 Å². The maximum absolute atomic E-state index is 13.9. The molecule has 2 N–H and O–H groups in total. The van der Waals surface area contributed by atoms with Crippen LogP contribution >= 0.6 is 11.6 Å². The Morgan fingerprint density at radius 3 is 2.81 bits per heavy atom. The molecule has 1 aromatic carbocycles. The monoisotopic (exact) mass is 338 g/mol. The Hall–Kier alpha value is -0.760. The zero-order valence-corrected chi connectivity index (χ0v) is 13.0. The molecule has 0 saturated carbocycles. The summed E-state index contributed by atoms with van der Waals surface area (Å²) in [6, 6.07) is 4.75. The quantitative estimate of drug-likeness (QED) is 0.860. The highest BCUT2D eigenvalue weighted by Crippen LogP contribution is 2.28. The predicted octanol–water partition coefficient (Wildman–Crippen LogP) is 1.80. The molecule has 0 amide bonds. The van der Waals surface area contributed by atoms with Crippen LogP contribution in [0.1, 0.15) is 12.5 Å². The van der Waals surface area contributed by atoms with Crippen molar-refractivity contribution in [3.63, 3.8) is 0 Å². The smallest absolute Gasteiger partial charge is 0.277 e. The number of alkyl halides is 2. The Kier molecular flexibility index (Phi) is 4.87. The zero-order chi connectivity index (χ0) is 15.7. The molecule has 8 heteroatoms. The van der Waals surface area contributed by atoms with Gasteiger partial charge in [-0.3, -0.25) is 0 Å². The van der Waals surface area contributed by atoms with Gasteiger partial charge < -0.3 is 5.32 Å². The molecule has 0 bridgehead atoms. The fraction of sp³-hybridized carbons (Fsp3) is 0.538. The molecule has 1 heterocycles. The second-order valence-corrected chi connectivity index (χ2v) is 7.56. The molecule has 1 saturated heterocycles. The molecule has 118 valence electrons. The number of sulfonamides is 1. The van der Waals surface area contributed by atoms with Gasteiger partial charge in [0.15, 0.2) is 0 Å². The number of nitrogens with one attached hydrogen (secondary N) is 2. The van der Waals surface area contributed by atoms with E-state index in [1.165, 1.54) is 6.92 Å². The van der Waals surface area contributed by atoms with Crippen molar-refractivity contribution in [2.45, 2.75) is 31.4 Å². The molecule has 2 rings (SSSR count). The molecule has 0 spiro atoms. The van der Waals surface area contributed by atoms with Gasteiger partial charge in [-0.1, -0.05) is 23.7 Å². The van der Waals surface area contributed by atoms with Crippen LogP contribution in [0.5, 0.6) is 0 Å². The average molecular weight is 339 g/mol. The largest absolute Gasteiger partial charge is 0.306 e. The molecule has 1 fully saturated rings. The van der Waals surface area contributed by atoms with Crippen LogP contribution in [0.2, 0.25) is 5.02 Å². The third-order valence-electron chi connectivity index (χ3n) is 3.49. The highest BCUT2D eigenvalue weighted by Gasteiger charge is 2.51. The van der Waals surface area contributed by atoms with Gasteiger partial charge in [0.2, 0.25) is 10.0 Å². The summed E-state index contributed by atoms with van der Waals surface area (Å²) < 4.78 is 53.1. The lowest BCUT2D eigenvalue weighted by Crippen LogP contribution is -2.51. The Bertz CT molecular complexity index is 610. The normalized spacial score (nSPS) is 25.1. The lowest BCUT2D eigenvalue weighted by atomic mass is 10.00. The van der Waals surface area contributed by atoms with Gasteiger partial charge in [-0.2, -0.15) is 0 Å². The van der Waals surface area contributed by atoms with E-state index in [1.807, 2.05) is 0 Å². The van der Waals surface area contributed by atoms with Crippen molar-refractivity contribution in [1.82, 2.24) is 10.0 Å². The SMILES string of the molecule is CCS(=O)(=O)N[C@@H]1[C@H](Cc2cccc(Cl)c2)NCC1(F)F. The van der Waals surface area contributed by atoms with Gasteiger partial charge in [-0.05, 0) is 31.0 Å². The van der Waals surface area contributed by atoms with Gasteiger partial charge >= 0.3 is 0 Å². The van der Waals surface area contributed by atoms with Gasteiger partial charge in [0.05, 0.1) is 12.3 Å². The van der Waals surface area contributed by atoms with Gasteiger partial charge in [-0.15, -0.1) is 0 Å². The van der Waals surface area contributed by atoms with Crippen LogP contribution in [0.3, 0.4) is 0 Å². The van der Waals surface area contributed by atoms with E-state index in [0.29, 0.717) is 5.02 Å². The van der Waals surface area contributed by atoms with Crippen LogP contribution in [0.15, 0.2) is 24.3 Å². The Morgan fingerprint density at radius 2 is 2.19 bits per heavy atom. The molecule has 0 unspecified atom stereocenters. The maximum atomic E-state index is 13.9. The van der Waals surface area contributed by atoms with Crippen molar-refractivity contribution in [3.05, 3.63) is 34.9 Å². The molecular weight excluding hydrogens is 322 g/mol. The van der Waals surface area contributed by atoms with Crippen molar-refractivity contribution in [2.24, 2.45) is 0 Å². The third-order valence-corrected chi connectivity index (χ3v) is 5.10. The van der Waals surface area contributed by atoms with Gasteiger partial charge in [0, 0.05) is 11.1 Å². The van der Waals surface area contributed by atoms with Crippen LogP contribution in [0.4, 0.5) is 8.78 Å². The molecule has 2 atom stereocenters. The van der Waals surface area contributed by atoms with E-state index in [-0.39, 0.29) is 12.2 Å². The van der Waals surface area contributed by atoms with E-state index in [9.17, 15) is 17.2 Å². The number of rotatable bonds is 5. The van der Waals surface area contributed by atoms with E-state index in [0.717, 1.165) is 5.56 Å². The molecule has 21 heavy (non-hydrogen) atoms. The van der Waals surface area contributed by atoms with Crippen molar-refractivity contribution in [1.29, 1.82) is 0 Å². The van der Waals surface area contributed by atoms with Crippen molar-refractivity contribution >= 4 is 21.6 Å². The second kappa shape index (κ2) is 6.16. The Morgan fingerprint density at radius 1 is 1.48 bits per heavy atom. The summed E-state index contributed by atoms with van der Waals surface area (Å²) in [4.78, 5) is 0. The summed E-state index contributed by atoms with van der Waals surface area (Å²) in [6.07, 6.45) is 0.271. The fourth-order valence-corrected chi connectivity index (χ4v) is 3.45. The summed E-state index contributed by atoms with van der Waals surface area (Å²) in [5.41, 5.74) is 0.776. The number of benzene rings is 1. The van der Waals surface area contributed by atoms with Crippen molar-refractivity contribution in [2.75, 3.05) is 12.3 Å². The van der Waals surface area contributed by atoms with E-state index in [2.05, 4.69) is 10.0 Å². The minimum Gasteiger partial charge on any atom is -0.306 e. The lowest BCUT2D eigenvalue weighted by molar-refractivity contribution is -0.000846. The first-order valence-corrected chi connectivity index (χ1v) is 8.62. The number of halogens is 3. The predicted molar refractivity (Wildman–Crippen MR) is 78.3 cm³/mol. The first kappa shape index (κ1) is 16.6.